The van der Waals surface area contributed by atoms with E-state index in [0.29, 0.717) is 11.3 Å². The highest BCUT2D eigenvalue weighted by molar-refractivity contribution is 7.99. The lowest BCUT2D eigenvalue weighted by Crippen LogP contribution is -2.10. The second-order valence-electron chi connectivity index (χ2n) is 5.21. The molecule has 2 aromatic carbocycles. The number of para-hydroxylation sites is 2. The van der Waals surface area contributed by atoms with Gasteiger partial charge in [-0.25, -0.2) is 4.98 Å². The van der Waals surface area contributed by atoms with Gasteiger partial charge >= 0.3 is 0 Å². The molecule has 0 aliphatic heterocycles. The topological polar surface area (TPSA) is 17.8 Å². The zero-order valence-electron chi connectivity index (χ0n) is 11.7. The van der Waals surface area contributed by atoms with Crippen LogP contribution in [0.5, 0.6) is 0 Å². The molecule has 0 amide bonds. The van der Waals surface area contributed by atoms with Gasteiger partial charge < -0.3 is 4.57 Å². The number of hydrogen-bond donors (Lipinski definition) is 0. The third-order valence-electron chi connectivity index (χ3n) is 3.33. The van der Waals surface area contributed by atoms with E-state index in [4.69, 9.17) is 0 Å². The lowest BCUT2D eigenvalue weighted by Gasteiger charge is -2.22. The Bertz CT molecular complexity index is 688. The Kier molecular flexibility index (Phi) is 3.79. The van der Waals surface area contributed by atoms with Crippen molar-refractivity contribution >= 4 is 22.8 Å². The summed E-state index contributed by atoms with van der Waals surface area (Å²) in [5.41, 5.74) is 2.27. The Morgan fingerprint density at radius 2 is 1.65 bits per heavy atom. The summed E-state index contributed by atoms with van der Waals surface area (Å²) < 4.78 is 2.29. The highest BCUT2D eigenvalue weighted by Crippen LogP contribution is 2.38. The summed E-state index contributed by atoms with van der Waals surface area (Å²) >= 11 is 1.89. The molecule has 0 saturated carbocycles. The Morgan fingerprint density at radius 3 is 2.40 bits per heavy atom. The summed E-state index contributed by atoms with van der Waals surface area (Å²) in [6.45, 7) is 4.52. The number of imidazole rings is 1. The molecular formula is C17H18N2S. The number of fused-ring (bicyclic) bond motifs is 1. The van der Waals surface area contributed by atoms with Crippen LogP contribution in [0.3, 0.4) is 0 Å². The molecule has 0 saturated heterocycles. The van der Waals surface area contributed by atoms with Crippen molar-refractivity contribution in [3.63, 3.8) is 0 Å². The quantitative estimate of drug-likeness (QED) is 0.628. The molecule has 20 heavy (non-hydrogen) atoms. The molecule has 0 bridgehead atoms. The fourth-order valence-electron chi connectivity index (χ4n) is 2.33. The van der Waals surface area contributed by atoms with E-state index in [2.05, 4.69) is 71.9 Å². The average molecular weight is 282 g/mol. The van der Waals surface area contributed by atoms with E-state index in [0.717, 1.165) is 5.52 Å². The van der Waals surface area contributed by atoms with Crippen LogP contribution < -0.4 is 0 Å². The van der Waals surface area contributed by atoms with Gasteiger partial charge in [0.1, 0.15) is 0 Å². The minimum Gasteiger partial charge on any atom is -0.317 e. The highest BCUT2D eigenvalue weighted by Gasteiger charge is 2.18. The summed E-state index contributed by atoms with van der Waals surface area (Å²) in [6, 6.07) is 18.9. The van der Waals surface area contributed by atoms with E-state index in [-0.39, 0.29) is 0 Å². The second kappa shape index (κ2) is 5.71. The lowest BCUT2D eigenvalue weighted by molar-refractivity contribution is 0.516. The Balaban J connectivity index is 1.98. The zero-order valence-corrected chi connectivity index (χ0v) is 12.5. The van der Waals surface area contributed by atoms with Crippen LogP contribution in [-0.4, -0.2) is 9.55 Å². The molecule has 1 unspecified atom stereocenters. The molecule has 0 spiro atoms. The first-order valence-electron chi connectivity index (χ1n) is 6.89. The molecule has 0 aliphatic carbocycles. The van der Waals surface area contributed by atoms with Crippen molar-refractivity contribution in [2.45, 2.75) is 24.1 Å². The first kappa shape index (κ1) is 13.3. The SMILES string of the molecule is CC(C)C(Sc1ccccc1)n1cnc2ccccc21. The number of hydrogen-bond acceptors (Lipinski definition) is 2. The lowest BCUT2D eigenvalue weighted by atomic mass is 10.2. The Hall–Kier alpha value is -1.74. The molecule has 0 fully saturated rings. The van der Waals surface area contributed by atoms with Crippen molar-refractivity contribution in [1.29, 1.82) is 0 Å². The fourth-order valence-corrected chi connectivity index (χ4v) is 3.48. The maximum absolute atomic E-state index is 4.51. The minimum atomic E-state index is 0.352. The molecule has 0 N–H and O–H groups in total. The van der Waals surface area contributed by atoms with Gasteiger partial charge in [0.2, 0.25) is 0 Å². The van der Waals surface area contributed by atoms with Crippen LogP contribution in [0.15, 0.2) is 65.8 Å². The molecule has 1 aromatic heterocycles. The van der Waals surface area contributed by atoms with Crippen molar-refractivity contribution in [2.75, 3.05) is 0 Å². The van der Waals surface area contributed by atoms with Gasteiger partial charge in [-0.05, 0) is 30.2 Å². The number of thioether (sulfide) groups is 1. The molecule has 0 radical (unpaired) electrons. The van der Waals surface area contributed by atoms with Gasteiger partial charge in [0, 0.05) is 4.90 Å². The highest BCUT2D eigenvalue weighted by atomic mass is 32.2. The molecule has 102 valence electrons. The van der Waals surface area contributed by atoms with Crippen LogP contribution in [-0.2, 0) is 0 Å². The smallest absolute Gasteiger partial charge is 0.0968 e. The van der Waals surface area contributed by atoms with Gasteiger partial charge in [0.05, 0.1) is 22.7 Å². The Morgan fingerprint density at radius 1 is 0.950 bits per heavy atom. The van der Waals surface area contributed by atoms with E-state index in [1.54, 1.807) is 0 Å². The monoisotopic (exact) mass is 282 g/mol. The number of benzene rings is 2. The van der Waals surface area contributed by atoms with E-state index in [1.807, 2.05) is 24.2 Å². The summed E-state index contributed by atoms with van der Waals surface area (Å²) in [4.78, 5) is 5.81. The van der Waals surface area contributed by atoms with E-state index < -0.39 is 0 Å². The standard InChI is InChI=1S/C17H18N2S/c1-13(2)17(20-14-8-4-3-5-9-14)19-12-18-15-10-6-7-11-16(15)19/h3-13,17H,1-2H3. The fraction of sp³-hybridized carbons (Fsp3) is 0.235. The third kappa shape index (κ3) is 2.59. The first-order valence-corrected chi connectivity index (χ1v) is 7.77. The molecule has 1 heterocycles. The van der Waals surface area contributed by atoms with Crippen LogP contribution in [0.25, 0.3) is 11.0 Å². The van der Waals surface area contributed by atoms with Gasteiger partial charge in [-0.2, -0.15) is 0 Å². The molecule has 3 aromatic rings. The van der Waals surface area contributed by atoms with Crippen LogP contribution in [0.4, 0.5) is 0 Å². The van der Waals surface area contributed by atoms with Crippen molar-refractivity contribution in [3.05, 3.63) is 60.9 Å². The minimum absolute atomic E-state index is 0.352. The maximum Gasteiger partial charge on any atom is 0.0968 e. The van der Waals surface area contributed by atoms with Gasteiger partial charge in [-0.1, -0.05) is 44.2 Å². The summed E-state index contributed by atoms with van der Waals surface area (Å²) in [7, 11) is 0. The molecular weight excluding hydrogens is 264 g/mol. The van der Waals surface area contributed by atoms with Crippen LogP contribution in [0, 0.1) is 5.92 Å². The Labute approximate surface area is 123 Å². The van der Waals surface area contributed by atoms with Gasteiger partial charge in [0.25, 0.3) is 0 Å². The van der Waals surface area contributed by atoms with Crippen molar-refractivity contribution in [2.24, 2.45) is 5.92 Å². The largest absolute Gasteiger partial charge is 0.317 e. The number of aromatic nitrogens is 2. The van der Waals surface area contributed by atoms with Crippen LogP contribution in [0.2, 0.25) is 0 Å². The second-order valence-corrected chi connectivity index (χ2v) is 6.40. The van der Waals surface area contributed by atoms with E-state index >= 15 is 0 Å². The van der Waals surface area contributed by atoms with E-state index in [9.17, 15) is 0 Å². The predicted octanol–water partition coefficient (Wildman–Crippen LogP) is 4.98. The van der Waals surface area contributed by atoms with Gasteiger partial charge in [0.15, 0.2) is 0 Å². The molecule has 3 heteroatoms. The first-order chi connectivity index (χ1) is 9.75. The summed E-state index contributed by atoms with van der Waals surface area (Å²) in [5.74, 6) is 0.526. The molecule has 3 rings (SSSR count). The maximum atomic E-state index is 4.51. The van der Waals surface area contributed by atoms with Gasteiger partial charge in [-0.15, -0.1) is 11.8 Å². The van der Waals surface area contributed by atoms with Gasteiger partial charge in [-0.3, -0.25) is 0 Å². The van der Waals surface area contributed by atoms with Crippen molar-refractivity contribution < 1.29 is 0 Å². The van der Waals surface area contributed by atoms with Crippen LogP contribution in [0.1, 0.15) is 19.2 Å². The summed E-state index contributed by atoms with van der Waals surface area (Å²) in [6.07, 6.45) is 1.96. The van der Waals surface area contributed by atoms with Crippen LogP contribution >= 0.6 is 11.8 Å². The van der Waals surface area contributed by atoms with Crippen molar-refractivity contribution in [1.82, 2.24) is 9.55 Å². The third-order valence-corrected chi connectivity index (χ3v) is 4.88. The normalized spacial score (nSPS) is 12.9. The number of rotatable bonds is 4. The predicted molar refractivity (Wildman–Crippen MR) is 85.9 cm³/mol. The molecule has 0 aliphatic rings. The molecule has 2 nitrogen and oxygen atoms in total. The van der Waals surface area contributed by atoms with E-state index in [1.165, 1.54) is 10.4 Å². The van der Waals surface area contributed by atoms with Crippen molar-refractivity contribution in [3.8, 4) is 0 Å². The average Bonchev–Trinajstić information content (AvgIpc) is 2.89. The molecule has 1 atom stereocenters. The zero-order chi connectivity index (χ0) is 13.9. The summed E-state index contributed by atoms with van der Waals surface area (Å²) in [5, 5.41) is 0.352. The number of nitrogens with zero attached hydrogens (tertiary/aromatic N) is 2.